The number of nitrogens with two attached hydrogens (primary N) is 1. The molecule has 0 spiro atoms. The lowest BCUT2D eigenvalue weighted by Gasteiger charge is -2.27. The van der Waals surface area contributed by atoms with E-state index in [2.05, 4.69) is 25.8 Å². The van der Waals surface area contributed by atoms with Crippen molar-refractivity contribution in [2.45, 2.75) is 26.8 Å². The van der Waals surface area contributed by atoms with Crippen molar-refractivity contribution in [2.75, 3.05) is 7.11 Å². The quantitative estimate of drug-likeness (QED) is 0.784. The van der Waals surface area contributed by atoms with E-state index in [1.54, 1.807) is 13.3 Å². The number of methoxy groups -OCH3 is 1. The Morgan fingerprint density at radius 1 is 1.43 bits per heavy atom. The van der Waals surface area contributed by atoms with Crippen LogP contribution in [0.25, 0.3) is 0 Å². The summed E-state index contributed by atoms with van der Waals surface area (Å²) < 4.78 is 5.22. The Morgan fingerprint density at radius 2 is 2.07 bits per heavy atom. The molecule has 0 aliphatic carbocycles. The van der Waals surface area contributed by atoms with Gasteiger partial charge in [-0.3, -0.25) is 4.98 Å². The highest BCUT2D eigenvalue weighted by Crippen LogP contribution is 2.33. The van der Waals surface area contributed by atoms with Gasteiger partial charge in [-0.15, -0.1) is 0 Å². The fourth-order valence-electron chi connectivity index (χ4n) is 1.22. The molecule has 1 heterocycles. The standard InChI is InChI=1S/C11H18N2O/c1-11(2,3)10(12)9-8(14-4)6-5-7-13-9/h5-7,10H,12H2,1-4H3/t10-/m0/s1. The van der Waals surface area contributed by atoms with Gasteiger partial charge in [-0.2, -0.15) is 0 Å². The fourth-order valence-corrected chi connectivity index (χ4v) is 1.22. The molecule has 0 saturated heterocycles. The molecule has 1 rings (SSSR count). The molecule has 0 bridgehead atoms. The largest absolute Gasteiger partial charge is 0.495 e. The molecule has 78 valence electrons. The minimum Gasteiger partial charge on any atom is -0.495 e. The molecular weight excluding hydrogens is 176 g/mol. The van der Waals surface area contributed by atoms with Gasteiger partial charge in [-0.05, 0) is 17.5 Å². The molecule has 14 heavy (non-hydrogen) atoms. The van der Waals surface area contributed by atoms with E-state index < -0.39 is 0 Å². The van der Waals surface area contributed by atoms with Crippen molar-refractivity contribution in [3.05, 3.63) is 24.0 Å². The molecule has 0 aromatic carbocycles. The van der Waals surface area contributed by atoms with Crippen molar-refractivity contribution in [3.63, 3.8) is 0 Å². The first-order valence-corrected chi connectivity index (χ1v) is 4.71. The summed E-state index contributed by atoms with van der Waals surface area (Å²) in [4.78, 5) is 4.27. The van der Waals surface area contributed by atoms with Gasteiger partial charge in [-0.1, -0.05) is 20.8 Å². The van der Waals surface area contributed by atoms with Crippen molar-refractivity contribution >= 4 is 0 Å². The molecule has 0 aliphatic heterocycles. The van der Waals surface area contributed by atoms with E-state index in [-0.39, 0.29) is 11.5 Å². The van der Waals surface area contributed by atoms with Crippen LogP contribution in [-0.2, 0) is 0 Å². The third-order valence-electron chi connectivity index (χ3n) is 2.25. The summed E-state index contributed by atoms with van der Waals surface area (Å²) in [6.07, 6.45) is 1.74. The van der Waals surface area contributed by atoms with Gasteiger partial charge in [0.05, 0.1) is 18.8 Å². The molecule has 3 nitrogen and oxygen atoms in total. The van der Waals surface area contributed by atoms with Gasteiger partial charge in [0.1, 0.15) is 5.75 Å². The van der Waals surface area contributed by atoms with Crippen LogP contribution in [0.3, 0.4) is 0 Å². The van der Waals surface area contributed by atoms with Gasteiger partial charge in [0, 0.05) is 6.20 Å². The SMILES string of the molecule is COc1cccnc1[C@H](N)C(C)(C)C. The second kappa shape index (κ2) is 3.96. The maximum atomic E-state index is 6.11. The first-order chi connectivity index (χ1) is 6.46. The van der Waals surface area contributed by atoms with Crippen LogP contribution in [0.2, 0.25) is 0 Å². The summed E-state index contributed by atoms with van der Waals surface area (Å²) in [6, 6.07) is 3.62. The molecule has 3 heteroatoms. The Balaban J connectivity index is 3.06. The van der Waals surface area contributed by atoms with Gasteiger partial charge in [0.25, 0.3) is 0 Å². The summed E-state index contributed by atoms with van der Waals surface area (Å²) >= 11 is 0. The highest BCUT2D eigenvalue weighted by atomic mass is 16.5. The third-order valence-corrected chi connectivity index (χ3v) is 2.25. The van der Waals surface area contributed by atoms with Crippen LogP contribution in [-0.4, -0.2) is 12.1 Å². The summed E-state index contributed by atoms with van der Waals surface area (Å²) in [7, 11) is 1.63. The van der Waals surface area contributed by atoms with Crippen LogP contribution in [0, 0.1) is 5.41 Å². The molecule has 1 aromatic heterocycles. The van der Waals surface area contributed by atoms with Gasteiger partial charge >= 0.3 is 0 Å². The predicted octanol–water partition coefficient (Wildman–Crippen LogP) is 2.14. The Morgan fingerprint density at radius 3 is 2.57 bits per heavy atom. The third kappa shape index (κ3) is 2.23. The number of aromatic nitrogens is 1. The molecule has 0 fully saturated rings. The molecule has 0 aliphatic rings. The normalized spacial score (nSPS) is 13.8. The van der Waals surface area contributed by atoms with Crippen LogP contribution < -0.4 is 10.5 Å². The van der Waals surface area contributed by atoms with Gasteiger partial charge in [0.15, 0.2) is 0 Å². The summed E-state index contributed by atoms with van der Waals surface area (Å²) in [5.41, 5.74) is 6.92. The summed E-state index contributed by atoms with van der Waals surface area (Å²) in [5, 5.41) is 0. The van der Waals surface area contributed by atoms with Crippen LogP contribution in [0.1, 0.15) is 32.5 Å². The minimum atomic E-state index is -0.112. The highest BCUT2D eigenvalue weighted by Gasteiger charge is 2.25. The second-order valence-corrected chi connectivity index (χ2v) is 4.43. The Labute approximate surface area is 85.3 Å². The van der Waals surface area contributed by atoms with Crippen LogP contribution in [0.5, 0.6) is 5.75 Å². The number of hydrogen-bond donors (Lipinski definition) is 1. The zero-order chi connectivity index (χ0) is 10.8. The second-order valence-electron chi connectivity index (χ2n) is 4.43. The van der Waals surface area contributed by atoms with Crippen molar-refractivity contribution in [3.8, 4) is 5.75 Å². The maximum absolute atomic E-state index is 6.11. The van der Waals surface area contributed by atoms with E-state index in [1.165, 1.54) is 0 Å². The van der Waals surface area contributed by atoms with E-state index in [9.17, 15) is 0 Å². The molecule has 0 saturated carbocycles. The number of hydrogen-bond acceptors (Lipinski definition) is 3. The lowest BCUT2D eigenvalue weighted by molar-refractivity contribution is 0.307. The van der Waals surface area contributed by atoms with E-state index in [0.29, 0.717) is 0 Å². The van der Waals surface area contributed by atoms with Crippen LogP contribution >= 0.6 is 0 Å². The fraction of sp³-hybridized carbons (Fsp3) is 0.545. The molecular formula is C11H18N2O. The maximum Gasteiger partial charge on any atom is 0.141 e. The Kier molecular flexibility index (Phi) is 3.11. The topological polar surface area (TPSA) is 48.1 Å². The molecule has 1 atom stereocenters. The monoisotopic (exact) mass is 194 g/mol. The first kappa shape index (κ1) is 11.0. The average molecular weight is 194 g/mol. The lowest BCUT2D eigenvalue weighted by atomic mass is 9.85. The minimum absolute atomic E-state index is 0.0123. The van der Waals surface area contributed by atoms with Crippen molar-refractivity contribution in [1.82, 2.24) is 4.98 Å². The number of rotatable bonds is 2. The average Bonchev–Trinajstić information content (AvgIpc) is 2.15. The van der Waals surface area contributed by atoms with Crippen molar-refractivity contribution in [2.24, 2.45) is 11.1 Å². The highest BCUT2D eigenvalue weighted by molar-refractivity contribution is 5.30. The first-order valence-electron chi connectivity index (χ1n) is 4.71. The van der Waals surface area contributed by atoms with Crippen LogP contribution in [0.4, 0.5) is 0 Å². The molecule has 0 unspecified atom stereocenters. The molecule has 0 amide bonds. The molecule has 0 radical (unpaired) electrons. The zero-order valence-corrected chi connectivity index (χ0v) is 9.24. The molecule has 1 aromatic rings. The van der Waals surface area contributed by atoms with Gasteiger partial charge < -0.3 is 10.5 Å². The lowest BCUT2D eigenvalue weighted by Crippen LogP contribution is -2.27. The summed E-state index contributed by atoms with van der Waals surface area (Å²) in [6.45, 7) is 6.27. The van der Waals surface area contributed by atoms with E-state index in [1.807, 2.05) is 12.1 Å². The smallest absolute Gasteiger partial charge is 0.141 e. The van der Waals surface area contributed by atoms with Crippen molar-refractivity contribution < 1.29 is 4.74 Å². The zero-order valence-electron chi connectivity index (χ0n) is 9.24. The van der Waals surface area contributed by atoms with Crippen LogP contribution in [0.15, 0.2) is 18.3 Å². The van der Waals surface area contributed by atoms with E-state index in [0.717, 1.165) is 11.4 Å². The Bertz CT molecular complexity index is 304. The van der Waals surface area contributed by atoms with E-state index >= 15 is 0 Å². The van der Waals surface area contributed by atoms with Gasteiger partial charge in [0.2, 0.25) is 0 Å². The Hall–Kier alpha value is -1.09. The van der Waals surface area contributed by atoms with E-state index in [4.69, 9.17) is 10.5 Å². The van der Waals surface area contributed by atoms with Gasteiger partial charge in [-0.25, -0.2) is 0 Å². The predicted molar refractivity (Wildman–Crippen MR) is 57.2 cm³/mol. The number of ether oxygens (including phenoxy) is 1. The van der Waals surface area contributed by atoms with Crippen molar-refractivity contribution in [1.29, 1.82) is 0 Å². The number of nitrogens with zero attached hydrogens (tertiary/aromatic N) is 1. The molecule has 2 N–H and O–H groups in total. The number of pyridine rings is 1. The summed E-state index contributed by atoms with van der Waals surface area (Å²) in [5.74, 6) is 0.759.